The smallest absolute Gasteiger partial charge is 0.407 e. The lowest BCUT2D eigenvalue weighted by atomic mass is 9.86. The van der Waals surface area contributed by atoms with Gasteiger partial charge in [-0.1, -0.05) is 19.8 Å². The number of alkyl carbamates (subject to hydrolysis) is 1. The maximum absolute atomic E-state index is 11.8. The zero-order chi connectivity index (χ0) is 20.4. The number of ether oxygens (including phenoxy) is 1. The summed E-state index contributed by atoms with van der Waals surface area (Å²) in [6.07, 6.45) is 4.31. The first kappa shape index (κ1) is 26.7. The van der Waals surface area contributed by atoms with Gasteiger partial charge in [0.25, 0.3) is 0 Å². The molecule has 164 valence electrons. The molecular weight excluding hydrogens is 473 g/mol. The Morgan fingerprint density at radius 3 is 2.29 bits per heavy atom. The van der Waals surface area contributed by atoms with E-state index in [1.807, 2.05) is 20.8 Å². The monoisotopic (exact) mass is 511 g/mol. The predicted octanol–water partition coefficient (Wildman–Crippen LogP) is 2.33. The molecule has 0 aliphatic heterocycles. The van der Waals surface area contributed by atoms with Crippen LogP contribution in [-0.2, 0) is 9.53 Å². The second-order valence-corrected chi connectivity index (χ2v) is 8.32. The van der Waals surface area contributed by atoms with E-state index in [0.29, 0.717) is 31.0 Å². The molecule has 0 aromatic heterocycles. The molecule has 1 aliphatic carbocycles. The molecule has 3 N–H and O–H groups in total. The minimum atomic E-state index is -0.519. The van der Waals surface area contributed by atoms with Crippen molar-refractivity contribution in [3.05, 3.63) is 0 Å². The van der Waals surface area contributed by atoms with Crippen molar-refractivity contribution in [2.24, 2.45) is 10.9 Å². The molecule has 2 amide bonds. The molecule has 0 radical (unpaired) electrons. The van der Waals surface area contributed by atoms with Crippen LogP contribution in [0.15, 0.2) is 4.99 Å². The Kier molecular flexibility index (Phi) is 12.5. The zero-order valence-corrected chi connectivity index (χ0v) is 20.5. The van der Waals surface area contributed by atoms with Crippen LogP contribution in [0.1, 0.15) is 53.4 Å². The standard InChI is InChI=1S/C19H37N5O3.HI/c1-14-9-7-8-10-15(14)23-17(22-13-16(25)24(5)6)20-11-12-21-18(26)27-19(2,3)4;/h14-15H,7-13H2,1-6H3,(H,21,26)(H2,20,22,23);1H. The van der Waals surface area contributed by atoms with Gasteiger partial charge in [-0.25, -0.2) is 9.79 Å². The van der Waals surface area contributed by atoms with Crippen molar-refractivity contribution in [1.29, 1.82) is 0 Å². The van der Waals surface area contributed by atoms with Gasteiger partial charge in [-0.2, -0.15) is 0 Å². The van der Waals surface area contributed by atoms with Crippen molar-refractivity contribution in [3.8, 4) is 0 Å². The maximum Gasteiger partial charge on any atom is 0.407 e. The van der Waals surface area contributed by atoms with E-state index in [9.17, 15) is 9.59 Å². The first-order valence-corrected chi connectivity index (χ1v) is 9.80. The highest BCUT2D eigenvalue weighted by atomic mass is 127. The third-order valence-corrected chi connectivity index (χ3v) is 4.39. The predicted molar refractivity (Wildman–Crippen MR) is 123 cm³/mol. The fraction of sp³-hybridized carbons (Fsp3) is 0.842. The normalized spacial score (nSPS) is 19.9. The van der Waals surface area contributed by atoms with E-state index >= 15 is 0 Å². The summed E-state index contributed by atoms with van der Waals surface area (Å²) in [5.41, 5.74) is -0.519. The van der Waals surface area contributed by atoms with E-state index in [1.165, 1.54) is 24.2 Å². The number of carbonyl (C=O) groups is 2. The van der Waals surface area contributed by atoms with Crippen molar-refractivity contribution in [1.82, 2.24) is 20.9 Å². The molecule has 2 unspecified atom stereocenters. The fourth-order valence-electron chi connectivity index (χ4n) is 2.81. The SMILES string of the molecule is CC1CCCCC1NC(=NCC(=O)N(C)C)NCCNC(=O)OC(C)(C)C.I. The van der Waals surface area contributed by atoms with Gasteiger partial charge in [0.1, 0.15) is 12.1 Å². The number of carbonyl (C=O) groups excluding carboxylic acids is 2. The summed E-state index contributed by atoms with van der Waals surface area (Å²) in [5.74, 6) is 1.12. The van der Waals surface area contributed by atoms with Gasteiger partial charge in [-0.05, 0) is 39.5 Å². The Balaban J connectivity index is 0.00000729. The van der Waals surface area contributed by atoms with E-state index in [-0.39, 0.29) is 36.4 Å². The highest BCUT2D eigenvalue weighted by Gasteiger charge is 2.22. The lowest BCUT2D eigenvalue weighted by Gasteiger charge is -2.31. The Morgan fingerprint density at radius 2 is 1.71 bits per heavy atom. The topological polar surface area (TPSA) is 95.1 Å². The van der Waals surface area contributed by atoms with Crippen LogP contribution < -0.4 is 16.0 Å². The van der Waals surface area contributed by atoms with Crippen LogP contribution in [0.25, 0.3) is 0 Å². The Bertz CT molecular complexity index is 520. The summed E-state index contributed by atoms with van der Waals surface area (Å²) in [6, 6.07) is 0.346. The number of guanidine groups is 1. The quantitative estimate of drug-likeness (QED) is 0.220. The number of hydrogen-bond acceptors (Lipinski definition) is 4. The molecular formula is C19H38IN5O3. The van der Waals surface area contributed by atoms with Crippen molar-refractivity contribution >= 4 is 41.9 Å². The molecule has 1 fully saturated rings. The second-order valence-electron chi connectivity index (χ2n) is 8.32. The van der Waals surface area contributed by atoms with E-state index in [2.05, 4.69) is 27.9 Å². The molecule has 1 aliphatic rings. The second kappa shape index (κ2) is 13.1. The van der Waals surface area contributed by atoms with Gasteiger partial charge in [-0.15, -0.1) is 24.0 Å². The molecule has 1 rings (SSSR count). The van der Waals surface area contributed by atoms with Crippen LogP contribution in [-0.4, -0.2) is 68.2 Å². The van der Waals surface area contributed by atoms with E-state index in [0.717, 1.165) is 6.42 Å². The van der Waals surface area contributed by atoms with Crippen LogP contribution >= 0.6 is 24.0 Å². The highest BCUT2D eigenvalue weighted by Crippen LogP contribution is 2.23. The van der Waals surface area contributed by atoms with E-state index < -0.39 is 11.7 Å². The largest absolute Gasteiger partial charge is 0.444 e. The van der Waals surface area contributed by atoms with Gasteiger partial charge >= 0.3 is 6.09 Å². The van der Waals surface area contributed by atoms with Crippen LogP contribution in [0.2, 0.25) is 0 Å². The van der Waals surface area contributed by atoms with Crippen LogP contribution in [0.3, 0.4) is 0 Å². The van der Waals surface area contributed by atoms with Crippen molar-refractivity contribution < 1.29 is 14.3 Å². The molecule has 0 bridgehead atoms. The summed E-state index contributed by atoms with van der Waals surface area (Å²) >= 11 is 0. The molecule has 8 nitrogen and oxygen atoms in total. The molecule has 0 aromatic rings. The summed E-state index contributed by atoms with van der Waals surface area (Å²) in [6.45, 7) is 8.69. The molecule has 1 saturated carbocycles. The Labute approximate surface area is 186 Å². The van der Waals surface area contributed by atoms with Gasteiger partial charge in [-0.3, -0.25) is 4.79 Å². The number of amides is 2. The minimum absolute atomic E-state index is 0. The first-order valence-electron chi connectivity index (χ1n) is 9.80. The number of hydrogen-bond donors (Lipinski definition) is 3. The number of aliphatic imine (C=N–C) groups is 1. The molecule has 0 aromatic carbocycles. The van der Waals surface area contributed by atoms with Gasteiger partial charge in [0.15, 0.2) is 5.96 Å². The number of likely N-dealkylation sites (N-methyl/N-ethyl adjacent to an activating group) is 1. The molecule has 0 heterocycles. The fourth-order valence-corrected chi connectivity index (χ4v) is 2.81. The summed E-state index contributed by atoms with van der Waals surface area (Å²) in [7, 11) is 3.43. The van der Waals surface area contributed by atoms with Crippen LogP contribution in [0, 0.1) is 5.92 Å². The molecule has 2 atom stereocenters. The molecule has 0 spiro atoms. The first-order chi connectivity index (χ1) is 12.6. The van der Waals surface area contributed by atoms with Crippen molar-refractivity contribution in [2.45, 2.75) is 65.0 Å². The van der Waals surface area contributed by atoms with Crippen molar-refractivity contribution in [3.63, 3.8) is 0 Å². The zero-order valence-electron chi connectivity index (χ0n) is 18.1. The number of halogens is 1. The third kappa shape index (κ3) is 11.6. The molecule has 9 heteroatoms. The van der Waals surface area contributed by atoms with Gasteiger partial charge in [0.05, 0.1) is 0 Å². The highest BCUT2D eigenvalue weighted by molar-refractivity contribution is 14.0. The van der Waals surface area contributed by atoms with Gasteiger partial charge < -0.3 is 25.6 Å². The average Bonchev–Trinajstić information content (AvgIpc) is 2.56. The van der Waals surface area contributed by atoms with Gasteiger partial charge in [0.2, 0.25) is 5.91 Å². The lowest BCUT2D eigenvalue weighted by molar-refractivity contribution is -0.127. The Hall–Kier alpha value is -1.26. The molecule has 0 saturated heterocycles. The van der Waals surface area contributed by atoms with Crippen LogP contribution in [0.5, 0.6) is 0 Å². The van der Waals surface area contributed by atoms with E-state index in [1.54, 1.807) is 14.1 Å². The lowest BCUT2D eigenvalue weighted by Crippen LogP contribution is -2.49. The van der Waals surface area contributed by atoms with E-state index in [4.69, 9.17) is 4.74 Å². The summed E-state index contributed by atoms with van der Waals surface area (Å²) in [4.78, 5) is 29.5. The third-order valence-electron chi connectivity index (χ3n) is 4.39. The van der Waals surface area contributed by atoms with Gasteiger partial charge in [0, 0.05) is 33.2 Å². The maximum atomic E-state index is 11.8. The molecule has 28 heavy (non-hydrogen) atoms. The summed E-state index contributed by atoms with van der Waals surface area (Å²) < 4.78 is 5.21. The average molecular weight is 511 g/mol. The number of nitrogens with one attached hydrogen (secondary N) is 3. The number of rotatable bonds is 6. The summed E-state index contributed by atoms with van der Waals surface area (Å²) in [5, 5.41) is 9.36. The minimum Gasteiger partial charge on any atom is -0.444 e. The van der Waals surface area contributed by atoms with Crippen molar-refractivity contribution in [2.75, 3.05) is 33.7 Å². The number of nitrogens with zero attached hydrogens (tertiary/aromatic N) is 2. The van der Waals surface area contributed by atoms with Crippen LogP contribution in [0.4, 0.5) is 4.79 Å². The Morgan fingerprint density at radius 1 is 1.11 bits per heavy atom.